The van der Waals surface area contributed by atoms with E-state index in [9.17, 15) is 4.79 Å². The zero-order valence-electron chi connectivity index (χ0n) is 13.8. The highest BCUT2D eigenvalue weighted by Crippen LogP contribution is 2.27. The van der Waals surface area contributed by atoms with Crippen molar-refractivity contribution < 1.29 is 4.79 Å². The molecule has 0 radical (unpaired) electrons. The van der Waals surface area contributed by atoms with Crippen LogP contribution in [0, 0.1) is 13.8 Å². The summed E-state index contributed by atoms with van der Waals surface area (Å²) in [5.41, 5.74) is 4.32. The maximum Gasteiger partial charge on any atom is 0.232 e. The first kappa shape index (κ1) is 16.7. The molecule has 1 aromatic carbocycles. The minimum absolute atomic E-state index is 0.119. The minimum Gasteiger partial charge on any atom is -0.300 e. The van der Waals surface area contributed by atoms with Crippen molar-refractivity contribution in [1.82, 2.24) is 15.2 Å². The summed E-state index contributed by atoms with van der Waals surface area (Å²) in [6, 6.07) is 6.31. The molecule has 0 fully saturated rings. The van der Waals surface area contributed by atoms with Gasteiger partial charge < -0.3 is 5.32 Å². The van der Waals surface area contributed by atoms with Crippen molar-refractivity contribution >= 4 is 33.7 Å². The summed E-state index contributed by atoms with van der Waals surface area (Å²) in [5.74, 6) is -0.119. The van der Waals surface area contributed by atoms with Crippen LogP contribution in [0.15, 0.2) is 23.6 Å². The maximum atomic E-state index is 12.1. The molecule has 0 saturated carbocycles. The van der Waals surface area contributed by atoms with Gasteiger partial charge in [-0.2, -0.15) is 0 Å². The molecular formula is C17H18N4OS2. The number of amides is 1. The number of hydrogen-bond acceptors (Lipinski definition) is 6. The van der Waals surface area contributed by atoms with Gasteiger partial charge in [-0.05, 0) is 25.8 Å². The third-order valence-corrected chi connectivity index (χ3v) is 5.43. The maximum absolute atomic E-state index is 12.1. The van der Waals surface area contributed by atoms with E-state index in [0.29, 0.717) is 5.13 Å². The number of aryl methyl sites for hydroxylation is 3. The Hall–Kier alpha value is -2.12. The van der Waals surface area contributed by atoms with Crippen molar-refractivity contribution in [2.24, 2.45) is 0 Å². The number of rotatable bonds is 5. The van der Waals surface area contributed by atoms with Crippen LogP contribution in [0.2, 0.25) is 0 Å². The summed E-state index contributed by atoms with van der Waals surface area (Å²) in [7, 11) is 0. The molecule has 24 heavy (non-hydrogen) atoms. The molecule has 5 nitrogen and oxygen atoms in total. The van der Waals surface area contributed by atoms with Crippen molar-refractivity contribution in [3.63, 3.8) is 0 Å². The van der Waals surface area contributed by atoms with Gasteiger partial charge in [0.05, 0.1) is 12.1 Å². The summed E-state index contributed by atoms with van der Waals surface area (Å²) < 4.78 is 0. The van der Waals surface area contributed by atoms with Gasteiger partial charge in [-0.15, -0.1) is 21.5 Å². The molecule has 2 aromatic heterocycles. The molecule has 2 heterocycles. The molecule has 0 unspecified atom stereocenters. The first-order valence-corrected chi connectivity index (χ1v) is 9.39. The number of aromatic nitrogens is 3. The van der Waals surface area contributed by atoms with Crippen molar-refractivity contribution in [1.29, 1.82) is 0 Å². The van der Waals surface area contributed by atoms with Gasteiger partial charge in [0.1, 0.15) is 10.0 Å². The van der Waals surface area contributed by atoms with Gasteiger partial charge in [0.2, 0.25) is 11.0 Å². The smallest absolute Gasteiger partial charge is 0.232 e. The molecule has 0 bridgehead atoms. The average molecular weight is 358 g/mol. The third-order valence-electron chi connectivity index (χ3n) is 3.52. The Balaban J connectivity index is 1.68. The molecule has 124 valence electrons. The van der Waals surface area contributed by atoms with Crippen molar-refractivity contribution in [3.05, 3.63) is 45.4 Å². The Morgan fingerprint density at radius 1 is 1.25 bits per heavy atom. The van der Waals surface area contributed by atoms with E-state index in [0.717, 1.165) is 27.7 Å². The second kappa shape index (κ2) is 7.19. The third kappa shape index (κ3) is 3.85. The van der Waals surface area contributed by atoms with Gasteiger partial charge in [0.15, 0.2) is 0 Å². The normalized spacial score (nSPS) is 10.8. The van der Waals surface area contributed by atoms with Crippen LogP contribution in [0.3, 0.4) is 0 Å². The molecule has 1 N–H and O–H groups in total. The van der Waals surface area contributed by atoms with Gasteiger partial charge in [0.25, 0.3) is 0 Å². The molecule has 3 rings (SSSR count). The van der Waals surface area contributed by atoms with Gasteiger partial charge >= 0.3 is 0 Å². The number of nitrogens with one attached hydrogen (secondary N) is 1. The first-order chi connectivity index (χ1) is 11.5. The van der Waals surface area contributed by atoms with Gasteiger partial charge in [-0.25, -0.2) is 4.98 Å². The highest BCUT2D eigenvalue weighted by Gasteiger charge is 2.12. The van der Waals surface area contributed by atoms with Gasteiger partial charge in [0, 0.05) is 10.9 Å². The van der Waals surface area contributed by atoms with E-state index in [1.165, 1.54) is 22.5 Å². The molecule has 0 saturated heterocycles. The van der Waals surface area contributed by atoms with Crippen LogP contribution in [0.25, 0.3) is 10.6 Å². The average Bonchev–Trinajstić information content (AvgIpc) is 3.16. The summed E-state index contributed by atoms with van der Waals surface area (Å²) in [5, 5.41) is 15.1. The van der Waals surface area contributed by atoms with Crippen LogP contribution in [0.5, 0.6) is 0 Å². The van der Waals surface area contributed by atoms with Crippen LogP contribution < -0.4 is 5.32 Å². The second-order valence-electron chi connectivity index (χ2n) is 5.54. The first-order valence-electron chi connectivity index (χ1n) is 7.69. The molecular weight excluding hydrogens is 340 g/mol. The minimum atomic E-state index is -0.119. The molecule has 0 aliphatic heterocycles. The van der Waals surface area contributed by atoms with E-state index < -0.39 is 0 Å². The monoisotopic (exact) mass is 358 g/mol. The molecule has 0 aliphatic carbocycles. The lowest BCUT2D eigenvalue weighted by Gasteiger charge is -2.03. The summed E-state index contributed by atoms with van der Waals surface area (Å²) in [6.07, 6.45) is 1.06. The predicted molar refractivity (Wildman–Crippen MR) is 98.6 cm³/mol. The van der Waals surface area contributed by atoms with Crippen LogP contribution >= 0.6 is 22.7 Å². The van der Waals surface area contributed by atoms with Crippen molar-refractivity contribution in [2.45, 2.75) is 33.6 Å². The van der Waals surface area contributed by atoms with E-state index in [2.05, 4.69) is 52.5 Å². The molecule has 0 spiro atoms. The largest absolute Gasteiger partial charge is 0.300 e. The molecule has 7 heteroatoms. The summed E-state index contributed by atoms with van der Waals surface area (Å²) in [6.45, 7) is 6.17. The predicted octanol–water partition coefficient (Wildman–Crippen LogP) is 4.02. The standard InChI is InChI=1S/C17H18N4OS2/c1-4-15-20-21-17(24-15)19-14(22)8-12-9-23-16(18-12)13-6-5-10(2)7-11(13)3/h5-7,9H,4,8H2,1-3H3,(H,19,21,22). The van der Waals surface area contributed by atoms with Crippen LogP contribution in [-0.4, -0.2) is 21.1 Å². The summed E-state index contributed by atoms with van der Waals surface area (Å²) >= 11 is 2.97. The molecule has 3 aromatic rings. The summed E-state index contributed by atoms with van der Waals surface area (Å²) in [4.78, 5) is 16.7. The lowest BCUT2D eigenvalue weighted by Crippen LogP contribution is -2.14. The van der Waals surface area contributed by atoms with Crippen LogP contribution in [0.1, 0.15) is 28.8 Å². The fraction of sp³-hybridized carbons (Fsp3) is 0.294. The van der Waals surface area contributed by atoms with Crippen molar-refractivity contribution in [3.8, 4) is 10.6 Å². The zero-order chi connectivity index (χ0) is 17.1. The number of anilines is 1. The zero-order valence-corrected chi connectivity index (χ0v) is 15.4. The lowest BCUT2D eigenvalue weighted by atomic mass is 10.1. The molecule has 1 amide bonds. The van der Waals surface area contributed by atoms with E-state index in [1.54, 1.807) is 11.3 Å². The van der Waals surface area contributed by atoms with Crippen LogP contribution in [0.4, 0.5) is 5.13 Å². The van der Waals surface area contributed by atoms with Crippen molar-refractivity contribution in [2.75, 3.05) is 5.32 Å². The highest BCUT2D eigenvalue weighted by molar-refractivity contribution is 7.15. The Bertz CT molecular complexity index is 869. The second-order valence-corrected chi connectivity index (χ2v) is 7.46. The molecule has 0 atom stereocenters. The quantitative estimate of drug-likeness (QED) is 0.748. The highest BCUT2D eigenvalue weighted by atomic mass is 32.1. The number of thiazole rings is 1. The van der Waals surface area contributed by atoms with E-state index >= 15 is 0 Å². The number of carbonyl (C=O) groups is 1. The van der Waals surface area contributed by atoms with Gasteiger partial charge in [-0.3, -0.25) is 4.79 Å². The fourth-order valence-corrected chi connectivity index (χ4v) is 3.95. The van der Waals surface area contributed by atoms with Gasteiger partial charge in [-0.1, -0.05) is 42.0 Å². The Labute approximate surface area is 148 Å². The molecule has 0 aliphatic rings. The Kier molecular flexibility index (Phi) is 5.01. The topological polar surface area (TPSA) is 67.8 Å². The van der Waals surface area contributed by atoms with E-state index in [4.69, 9.17) is 0 Å². The Morgan fingerprint density at radius 3 is 2.79 bits per heavy atom. The fourth-order valence-electron chi connectivity index (χ4n) is 2.34. The number of nitrogens with zero attached hydrogens (tertiary/aromatic N) is 3. The van der Waals surface area contributed by atoms with E-state index in [-0.39, 0.29) is 12.3 Å². The van der Waals surface area contributed by atoms with E-state index in [1.807, 2.05) is 12.3 Å². The van der Waals surface area contributed by atoms with Crippen LogP contribution in [-0.2, 0) is 17.6 Å². The SMILES string of the molecule is CCc1nnc(NC(=O)Cc2csc(-c3ccc(C)cc3C)n2)s1. The number of hydrogen-bond donors (Lipinski definition) is 1. The number of carbonyl (C=O) groups excluding carboxylic acids is 1. The number of benzene rings is 1. The Morgan fingerprint density at radius 2 is 2.08 bits per heavy atom. The lowest BCUT2D eigenvalue weighted by molar-refractivity contribution is -0.115.